The predicted octanol–water partition coefficient (Wildman–Crippen LogP) is 4.59. The minimum absolute atomic E-state index is 0.123. The maximum absolute atomic E-state index is 12.9. The van der Waals surface area contributed by atoms with Crippen LogP contribution >= 0.6 is 0 Å². The van der Waals surface area contributed by atoms with Crippen molar-refractivity contribution in [3.05, 3.63) is 60.2 Å². The molecule has 3 rings (SSSR count). The zero-order valence-electron chi connectivity index (χ0n) is 22.3. The summed E-state index contributed by atoms with van der Waals surface area (Å²) in [6.07, 6.45) is 6.50. The van der Waals surface area contributed by atoms with Crippen LogP contribution in [0.1, 0.15) is 31.7 Å². The Morgan fingerprint density at radius 3 is 2.35 bits per heavy atom. The molecule has 1 fully saturated rings. The van der Waals surface area contributed by atoms with E-state index in [0.717, 1.165) is 43.8 Å². The number of para-hydroxylation sites is 3. The number of hydrogen-bond acceptors (Lipinski definition) is 5. The van der Waals surface area contributed by atoms with E-state index in [9.17, 15) is 9.59 Å². The number of unbranched alkanes of at least 4 members (excludes halogenated alkanes) is 1. The van der Waals surface area contributed by atoms with Gasteiger partial charge in [-0.05, 0) is 24.6 Å². The van der Waals surface area contributed by atoms with Crippen molar-refractivity contribution in [3.63, 3.8) is 0 Å². The summed E-state index contributed by atoms with van der Waals surface area (Å²) >= 11 is 0. The summed E-state index contributed by atoms with van der Waals surface area (Å²) in [6.45, 7) is 6.91. The van der Waals surface area contributed by atoms with E-state index in [1.807, 2.05) is 70.5 Å². The quantitative estimate of drug-likeness (QED) is 0.454. The molecule has 0 spiro atoms. The van der Waals surface area contributed by atoms with Crippen LogP contribution in [0.5, 0.6) is 11.5 Å². The van der Waals surface area contributed by atoms with Crippen LogP contribution in [0.3, 0.4) is 0 Å². The number of nitrogens with one attached hydrogen (secondary N) is 1. The standard InChI is InChI=1S/C29H40N4O4/c1-4-5-16-28(34)32(17-10-12-24-11-6-8-14-26(24)36-2)21-18-31-19-22-33(23-20-31)29(35)30-25-13-7-9-15-27(25)37-3/h6-15H,4-5,16-23H2,1-3H3,(H,30,35). The number of nitrogens with zero attached hydrogens (tertiary/aromatic N) is 3. The molecular formula is C29H40N4O4. The van der Waals surface area contributed by atoms with Gasteiger partial charge in [-0.3, -0.25) is 9.69 Å². The normalized spacial score (nSPS) is 14.0. The first kappa shape index (κ1) is 28.1. The van der Waals surface area contributed by atoms with Gasteiger partial charge in [0.05, 0.1) is 19.9 Å². The molecule has 8 nitrogen and oxygen atoms in total. The average Bonchev–Trinajstić information content (AvgIpc) is 2.94. The molecule has 200 valence electrons. The van der Waals surface area contributed by atoms with Crippen LogP contribution in [0.2, 0.25) is 0 Å². The highest BCUT2D eigenvalue weighted by Crippen LogP contribution is 2.23. The fraction of sp³-hybridized carbons (Fsp3) is 0.448. The first-order valence-corrected chi connectivity index (χ1v) is 13.0. The average molecular weight is 509 g/mol. The maximum atomic E-state index is 12.9. The summed E-state index contributed by atoms with van der Waals surface area (Å²) in [5.74, 6) is 1.64. The van der Waals surface area contributed by atoms with Crippen LogP contribution in [0.4, 0.5) is 10.5 Å². The number of piperazine rings is 1. The Labute approximate surface area is 220 Å². The number of rotatable bonds is 12. The monoisotopic (exact) mass is 508 g/mol. The second-order valence-electron chi connectivity index (χ2n) is 9.05. The van der Waals surface area contributed by atoms with E-state index < -0.39 is 0 Å². The third kappa shape index (κ3) is 8.53. The van der Waals surface area contributed by atoms with Crippen molar-refractivity contribution < 1.29 is 19.1 Å². The largest absolute Gasteiger partial charge is 0.496 e. The first-order chi connectivity index (χ1) is 18.0. The number of hydrogen-bond donors (Lipinski definition) is 1. The van der Waals surface area contributed by atoms with Gasteiger partial charge in [-0.15, -0.1) is 0 Å². The van der Waals surface area contributed by atoms with Crippen LogP contribution in [-0.2, 0) is 4.79 Å². The van der Waals surface area contributed by atoms with E-state index in [1.165, 1.54) is 0 Å². The molecule has 0 bridgehead atoms. The third-order valence-electron chi connectivity index (χ3n) is 6.55. The topological polar surface area (TPSA) is 74.4 Å². The van der Waals surface area contributed by atoms with E-state index >= 15 is 0 Å². The van der Waals surface area contributed by atoms with Gasteiger partial charge in [-0.2, -0.15) is 0 Å². The summed E-state index contributed by atoms with van der Waals surface area (Å²) in [5, 5.41) is 2.95. The fourth-order valence-corrected chi connectivity index (χ4v) is 4.29. The van der Waals surface area contributed by atoms with Crippen LogP contribution in [0, 0.1) is 0 Å². The number of carbonyl (C=O) groups excluding carboxylic acids is 2. The predicted molar refractivity (Wildman–Crippen MR) is 148 cm³/mol. The van der Waals surface area contributed by atoms with Gasteiger partial charge in [0.15, 0.2) is 0 Å². The van der Waals surface area contributed by atoms with E-state index in [-0.39, 0.29) is 11.9 Å². The Bertz CT molecular complexity index is 1030. The Morgan fingerprint density at radius 1 is 0.973 bits per heavy atom. The molecule has 8 heteroatoms. The molecule has 0 aliphatic carbocycles. The molecule has 0 atom stereocenters. The van der Waals surface area contributed by atoms with Crippen LogP contribution < -0.4 is 14.8 Å². The lowest BCUT2D eigenvalue weighted by molar-refractivity contribution is -0.131. The number of amides is 3. The molecule has 0 aromatic heterocycles. The third-order valence-corrected chi connectivity index (χ3v) is 6.55. The van der Waals surface area contributed by atoms with Crippen molar-refractivity contribution in [1.82, 2.24) is 14.7 Å². The van der Waals surface area contributed by atoms with Crippen molar-refractivity contribution in [2.75, 3.05) is 65.3 Å². The van der Waals surface area contributed by atoms with Gasteiger partial charge in [0, 0.05) is 57.8 Å². The summed E-state index contributed by atoms with van der Waals surface area (Å²) in [5.41, 5.74) is 1.66. The Kier molecular flexibility index (Phi) is 11.3. The van der Waals surface area contributed by atoms with Gasteiger partial charge < -0.3 is 24.6 Å². The van der Waals surface area contributed by atoms with Gasteiger partial charge in [0.25, 0.3) is 0 Å². The number of methoxy groups -OCH3 is 2. The number of anilines is 1. The number of urea groups is 1. The molecule has 1 aliphatic heterocycles. The van der Waals surface area contributed by atoms with E-state index in [4.69, 9.17) is 9.47 Å². The summed E-state index contributed by atoms with van der Waals surface area (Å²) in [6, 6.07) is 15.1. The lowest BCUT2D eigenvalue weighted by atomic mass is 10.2. The molecule has 0 radical (unpaired) electrons. The van der Waals surface area contributed by atoms with Crippen LogP contribution in [0.15, 0.2) is 54.6 Å². The summed E-state index contributed by atoms with van der Waals surface area (Å²) in [4.78, 5) is 31.7. The zero-order chi connectivity index (χ0) is 26.5. The van der Waals surface area contributed by atoms with Gasteiger partial charge in [0.2, 0.25) is 5.91 Å². The molecule has 1 saturated heterocycles. The molecule has 2 aromatic carbocycles. The summed E-state index contributed by atoms with van der Waals surface area (Å²) in [7, 11) is 3.25. The minimum Gasteiger partial charge on any atom is -0.496 e. The van der Waals surface area contributed by atoms with Crippen molar-refractivity contribution >= 4 is 23.7 Å². The van der Waals surface area contributed by atoms with E-state index in [1.54, 1.807) is 14.2 Å². The summed E-state index contributed by atoms with van der Waals surface area (Å²) < 4.78 is 10.8. The number of benzene rings is 2. The lowest BCUT2D eigenvalue weighted by Crippen LogP contribution is -2.51. The van der Waals surface area contributed by atoms with E-state index in [2.05, 4.69) is 17.1 Å². The highest BCUT2D eigenvalue weighted by atomic mass is 16.5. The molecule has 37 heavy (non-hydrogen) atoms. The lowest BCUT2D eigenvalue weighted by Gasteiger charge is -2.35. The molecule has 1 heterocycles. The van der Waals surface area contributed by atoms with Gasteiger partial charge in [-0.1, -0.05) is 55.8 Å². The Balaban J connectivity index is 1.50. The minimum atomic E-state index is -0.123. The molecule has 0 saturated carbocycles. The van der Waals surface area contributed by atoms with Crippen LogP contribution in [0.25, 0.3) is 6.08 Å². The van der Waals surface area contributed by atoms with Crippen LogP contribution in [-0.4, -0.2) is 86.7 Å². The SMILES string of the molecule is CCCCC(=O)N(CC=Cc1ccccc1OC)CCN1CCN(C(=O)Nc2ccccc2OC)CC1. The molecular weight excluding hydrogens is 468 g/mol. The molecule has 1 N–H and O–H groups in total. The van der Waals surface area contributed by atoms with Crippen molar-refractivity contribution in [2.45, 2.75) is 26.2 Å². The van der Waals surface area contributed by atoms with Crippen molar-refractivity contribution in [3.8, 4) is 11.5 Å². The Hall–Kier alpha value is -3.52. The smallest absolute Gasteiger partial charge is 0.322 e. The molecule has 2 aromatic rings. The second-order valence-corrected chi connectivity index (χ2v) is 9.05. The second kappa shape index (κ2) is 14.9. The van der Waals surface area contributed by atoms with Gasteiger partial charge in [0.1, 0.15) is 11.5 Å². The zero-order valence-corrected chi connectivity index (χ0v) is 22.3. The van der Waals surface area contributed by atoms with Gasteiger partial charge in [-0.25, -0.2) is 4.79 Å². The highest BCUT2D eigenvalue weighted by molar-refractivity contribution is 5.91. The van der Waals surface area contributed by atoms with Gasteiger partial charge >= 0.3 is 6.03 Å². The Morgan fingerprint density at radius 2 is 1.65 bits per heavy atom. The first-order valence-electron chi connectivity index (χ1n) is 13.0. The number of carbonyl (C=O) groups is 2. The molecule has 0 unspecified atom stereocenters. The fourth-order valence-electron chi connectivity index (χ4n) is 4.29. The number of ether oxygens (including phenoxy) is 2. The van der Waals surface area contributed by atoms with E-state index in [0.29, 0.717) is 44.0 Å². The van der Waals surface area contributed by atoms with Crippen molar-refractivity contribution in [1.29, 1.82) is 0 Å². The highest BCUT2D eigenvalue weighted by Gasteiger charge is 2.22. The maximum Gasteiger partial charge on any atom is 0.322 e. The van der Waals surface area contributed by atoms with Crippen molar-refractivity contribution in [2.24, 2.45) is 0 Å². The molecule has 1 aliphatic rings. The molecule has 3 amide bonds.